The number of aromatic nitrogens is 2. The third-order valence-corrected chi connectivity index (χ3v) is 3.66. The molecule has 2 aromatic rings. The van der Waals surface area contributed by atoms with E-state index in [1.165, 1.54) is 18.4 Å². The summed E-state index contributed by atoms with van der Waals surface area (Å²) in [6.07, 6.45) is 4.11. The van der Waals surface area contributed by atoms with Crippen LogP contribution in [0.2, 0.25) is 0 Å². The fourth-order valence-electron chi connectivity index (χ4n) is 1.91. The molecule has 0 unspecified atom stereocenters. The lowest BCUT2D eigenvalue weighted by Crippen LogP contribution is -2.19. The summed E-state index contributed by atoms with van der Waals surface area (Å²) in [6, 6.07) is 8.88. The molecule has 0 spiro atoms. The molecule has 0 amide bonds. The van der Waals surface area contributed by atoms with Gasteiger partial charge in [0.05, 0.1) is 6.42 Å². The summed E-state index contributed by atoms with van der Waals surface area (Å²) in [4.78, 5) is 0. The third-order valence-electron chi connectivity index (χ3n) is 3.13. The lowest BCUT2D eigenvalue weighted by atomic mass is 10.1. The first-order valence-corrected chi connectivity index (χ1v) is 7.38. The molecule has 1 aromatic carbocycles. The summed E-state index contributed by atoms with van der Waals surface area (Å²) in [5.41, 5.74) is 1.18. The Morgan fingerprint density at radius 3 is 2.63 bits per heavy atom. The van der Waals surface area contributed by atoms with Crippen molar-refractivity contribution in [2.45, 2.75) is 31.7 Å². The molecule has 100 valence electrons. The maximum atomic E-state index is 5.65. The molecule has 1 aliphatic carbocycles. The highest BCUT2D eigenvalue weighted by molar-refractivity contribution is 9.10. The van der Waals surface area contributed by atoms with Crippen molar-refractivity contribution >= 4 is 15.9 Å². The van der Waals surface area contributed by atoms with E-state index in [-0.39, 0.29) is 0 Å². The van der Waals surface area contributed by atoms with E-state index in [2.05, 4.69) is 43.6 Å². The molecule has 5 heteroatoms. The Labute approximate surface area is 120 Å². The molecule has 1 fully saturated rings. The van der Waals surface area contributed by atoms with Gasteiger partial charge in [0.25, 0.3) is 0 Å². The second-order valence-corrected chi connectivity index (χ2v) is 5.79. The van der Waals surface area contributed by atoms with Crippen LogP contribution in [0.15, 0.2) is 33.2 Å². The minimum absolute atomic E-state index is 0.684. The van der Waals surface area contributed by atoms with Crippen molar-refractivity contribution in [3.05, 3.63) is 46.1 Å². The van der Waals surface area contributed by atoms with E-state index in [1.807, 2.05) is 12.1 Å². The zero-order valence-corrected chi connectivity index (χ0v) is 12.2. The monoisotopic (exact) mass is 321 g/mol. The molecule has 1 aliphatic rings. The van der Waals surface area contributed by atoms with Crippen molar-refractivity contribution in [3.8, 4) is 0 Å². The molecule has 0 saturated heterocycles. The molecule has 1 aromatic heterocycles. The van der Waals surface area contributed by atoms with Gasteiger partial charge in [0, 0.05) is 23.5 Å². The molecule has 0 atom stereocenters. The topological polar surface area (TPSA) is 51.0 Å². The Morgan fingerprint density at radius 1 is 1.16 bits per heavy atom. The van der Waals surface area contributed by atoms with Gasteiger partial charge in [0.1, 0.15) is 0 Å². The Kier molecular flexibility index (Phi) is 3.94. The van der Waals surface area contributed by atoms with E-state index in [9.17, 15) is 0 Å². The zero-order chi connectivity index (χ0) is 13.1. The van der Waals surface area contributed by atoms with Gasteiger partial charge in [-0.3, -0.25) is 0 Å². The smallest absolute Gasteiger partial charge is 0.220 e. The summed E-state index contributed by atoms with van der Waals surface area (Å²) >= 11 is 3.42. The quantitative estimate of drug-likeness (QED) is 0.888. The lowest BCUT2D eigenvalue weighted by Gasteiger charge is -1.98. The average molecular weight is 322 g/mol. The number of nitrogens with zero attached hydrogens (tertiary/aromatic N) is 2. The summed E-state index contributed by atoms with van der Waals surface area (Å²) in [7, 11) is 0. The Bertz CT molecular complexity index is 534. The SMILES string of the molecule is Brc1ccc(Cc2nnc(CCNC3CC3)o2)cc1. The number of halogens is 1. The minimum atomic E-state index is 0.684. The van der Waals surface area contributed by atoms with Crippen LogP contribution in [0.5, 0.6) is 0 Å². The van der Waals surface area contributed by atoms with Gasteiger partial charge in [-0.2, -0.15) is 0 Å². The molecule has 1 saturated carbocycles. The first kappa shape index (κ1) is 12.8. The molecular formula is C14H16BrN3O. The predicted octanol–water partition coefficient (Wildman–Crippen LogP) is 2.72. The van der Waals surface area contributed by atoms with Gasteiger partial charge in [-0.25, -0.2) is 0 Å². The molecule has 19 heavy (non-hydrogen) atoms. The van der Waals surface area contributed by atoms with Gasteiger partial charge in [-0.15, -0.1) is 10.2 Å². The molecule has 0 radical (unpaired) electrons. The molecule has 1 N–H and O–H groups in total. The highest BCUT2D eigenvalue weighted by Gasteiger charge is 2.20. The molecule has 0 bridgehead atoms. The maximum absolute atomic E-state index is 5.65. The standard InChI is InChI=1S/C14H16BrN3O/c15-11-3-1-10(2-4-11)9-14-18-17-13(19-14)7-8-16-12-5-6-12/h1-4,12,16H,5-9H2. The maximum Gasteiger partial charge on any atom is 0.220 e. The van der Waals surface area contributed by atoms with Gasteiger partial charge >= 0.3 is 0 Å². The van der Waals surface area contributed by atoms with Crippen molar-refractivity contribution in [2.24, 2.45) is 0 Å². The minimum Gasteiger partial charge on any atom is -0.425 e. The highest BCUT2D eigenvalue weighted by atomic mass is 79.9. The lowest BCUT2D eigenvalue weighted by molar-refractivity contribution is 0.451. The number of nitrogens with one attached hydrogen (secondary N) is 1. The van der Waals surface area contributed by atoms with Crippen molar-refractivity contribution in [3.63, 3.8) is 0 Å². The Balaban J connectivity index is 1.53. The summed E-state index contributed by atoms with van der Waals surface area (Å²) in [5, 5.41) is 11.6. The van der Waals surface area contributed by atoms with Crippen LogP contribution in [-0.4, -0.2) is 22.8 Å². The summed E-state index contributed by atoms with van der Waals surface area (Å²) < 4.78 is 6.72. The number of rotatable bonds is 6. The van der Waals surface area contributed by atoms with Gasteiger partial charge in [-0.05, 0) is 30.5 Å². The fourth-order valence-corrected chi connectivity index (χ4v) is 2.17. The van der Waals surface area contributed by atoms with E-state index in [0.29, 0.717) is 12.3 Å². The third kappa shape index (κ3) is 3.88. The van der Waals surface area contributed by atoms with E-state index in [4.69, 9.17) is 4.42 Å². The van der Waals surface area contributed by atoms with E-state index < -0.39 is 0 Å². The number of hydrogen-bond acceptors (Lipinski definition) is 4. The highest BCUT2D eigenvalue weighted by Crippen LogP contribution is 2.18. The van der Waals surface area contributed by atoms with Crippen LogP contribution in [-0.2, 0) is 12.8 Å². The van der Waals surface area contributed by atoms with Crippen LogP contribution in [0.4, 0.5) is 0 Å². The van der Waals surface area contributed by atoms with Crippen LogP contribution in [0, 0.1) is 0 Å². The van der Waals surface area contributed by atoms with Crippen molar-refractivity contribution in [1.82, 2.24) is 15.5 Å². The Morgan fingerprint density at radius 2 is 1.89 bits per heavy atom. The Hall–Kier alpha value is -1.20. The number of hydrogen-bond donors (Lipinski definition) is 1. The molecule has 0 aliphatic heterocycles. The molecule has 1 heterocycles. The van der Waals surface area contributed by atoms with Gasteiger partial charge < -0.3 is 9.73 Å². The first-order chi connectivity index (χ1) is 9.29. The van der Waals surface area contributed by atoms with Crippen LogP contribution in [0.1, 0.15) is 30.2 Å². The molecule has 4 nitrogen and oxygen atoms in total. The average Bonchev–Trinajstić information content (AvgIpc) is 3.12. The van der Waals surface area contributed by atoms with E-state index in [0.717, 1.165) is 29.4 Å². The van der Waals surface area contributed by atoms with Gasteiger partial charge in [0.15, 0.2) is 0 Å². The zero-order valence-electron chi connectivity index (χ0n) is 10.6. The second kappa shape index (κ2) is 5.84. The molecular weight excluding hydrogens is 306 g/mol. The largest absolute Gasteiger partial charge is 0.425 e. The summed E-state index contributed by atoms with van der Waals surface area (Å²) in [6.45, 7) is 0.921. The van der Waals surface area contributed by atoms with Crippen LogP contribution in [0.3, 0.4) is 0 Å². The predicted molar refractivity (Wildman–Crippen MR) is 76.0 cm³/mol. The first-order valence-electron chi connectivity index (χ1n) is 6.59. The van der Waals surface area contributed by atoms with Crippen molar-refractivity contribution < 1.29 is 4.42 Å². The van der Waals surface area contributed by atoms with E-state index >= 15 is 0 Å². The van der Waals surface area contributed by atoms with E-state index in [1.54, 1.807) is 0 Å². The second-order valence-electron chi connectivity index (χ2n) is 4.87. The van der Waals surface area contributed by atoms with Crippen molar-refractivity contribution in [2.75, 3.05) is 6.54 Å². The molecule has 3 rings (SSSR count). The fraction of sp³-hybridized carbons (Fsp3) is 0.429. The van der Waals surface area contributed by atoms with Crippen LogP contribution in [0.25, 0.3) is 0 Å². The summed E-state index contributed by atoms with van der Waals surface area (Å²) in [5.74, 6) is 1.41. The normalized spacial score (nSPS) is 14.8. The van der Waals surface area contributed by atoms with Crippen LogP contribution < -0.4 is 5.32 Å². The van der Waals surface area contributed by atoms with Crippen molar-refractivity contribution in [1.29, 1.82) is 0 Å². The van der Waals surface area contributed by atoms with Gasteiger partial charge in [-0.1, -0.05) is 28.1 Å². The van der Waals surface area contributed by atoms with Crippen LogP contribution >= 0.6 is 15.9 Å². The number of benzene rings is 1. The van der Waals surface area contributed by atoms with Gasteiger partial charge in [0.2, 0.25) is 11.8 Å².